The van der Waals surface area contributed by atoms with Crippen LogP contribution < -0.4 is 11.0 Å². The Hall–Kier alpha value is -0.610. The number of carbonyl (C=O) groups is 1. The Labute approximate surface area is 70.8 Å². The molecule has 2 unspecified atom stereocenters. The summed E-state index contributed by atoms with van der Waals surface area (Å²) >= 11 is 0. The number of hydrogen-bond donors (Lipinski definition) is 2. The highest BCUT2D eigenvalue weighted by molar-refractivity contribution is 7.56. The average Bonchev–Trinajstić information content (AvgIpc) is 1.85. The van der Waals surface area contributed by atoms with E-state index in [1.54, 1.807) is 6.92 Å². The maximum absolute atomic E-state index is 10.8. The second-order valence-corrected chi connectivity index (χ2v) is 3.92. The fraction of sp³-hybridized carbons (Fsp3) is 0.667. The molecule has 4 N–H and O–H groups in total. The minimum Gasteiger partial charge on any atom is -0.444 e. The maximum Gasteiger partial charge on any atom is 0.611 e. The zero-order chi connectivity index (χ0) is 9.72. The van der Waals surface area contributed by atoms with Gasteiger partial charge in [-0.15, -0.1) is 0 Å². The fourth-order valence-electron chi connectivity index (χ4n) is 0.429. The quantitative estimate of drug-likeness (QED) is 0.665. The third-order valence-electron chi connectivity index (χ3n) is 0.805. The molecule has 2 atom stereocenters. The second kappa shape index (κ2) is 5.11. The molecule has 0 aromatic rings. The molecule has 0 rings (SSSR count). The number of rotatable bonds is 3. The van der Waals surface area contributed by atoms with E-state index in [1.807, 2.05) is 0 Å². The SMILES string of the molecule is CCOC(=O)N([P+](N)=O)[P+](N)=O. The molecule has 0 aliphatic heterocycles. The van der Waals surface area contributed by atoms with E-state index in [-0.39, 0.29) is 6.61 Å². The highest BCUT2D eigenvalue weighted by atomic mass is 31.2. The third-order valence-corrected chi connectivity index (χ3v) is 2.94. The van der Waals surface area contributed by atoms with Crippen LogP contribution in [0, 0.1) is 0 Å². The van der Waals surface area contributed by atoms with Crippen LogP contribution in [0.5, 0.6) is 0 Å². The molecule has 0 bridgehead atoms. The van der Waals surface area contributed by atoms with Crippen molar-refractivity contribution >= 4 is 22.3 Å². The van der Waals surface area contributed by atoms with Gasteiger partial charge in [0.2, 0.25) is 0 Å². The number of hydrogen-bond acceptors (Lipinski definition) is 4. The molecule has 0 heterocycles. The summed E-state index contributed by atoms with van der Waals surface area (Å²) in [5, 5.41) is 0. The Kier molecular flexibility index (Phi) is 4.85. The third kappa shape index (κ3) is 3.19. The molecule has 0 radical (unpaired) electrons. The molecule has 0 fully saturated rings. The van der Waals surface area contributed by atoms with Crippen LogP contribution in [-0.4, -0.2) is 17.1 Å². The van der Waals surface area contributed by atoms with Gasteiger partial charge in [0.25, 0.3) is 0 Å². The first-order valence-electron chi connectivity index (χ1n) is 2.91. The first-order valence-corrected chi connectivity index (χ1v) is 5.47. The summed E-state index contributed by atoms with van der Waals surface area (Å²) in [6.45, 7) is 1.62. The Morgan fingerprint density at radius 3 is 2.08 bits per heavy atom. The minimum absolute atomic E-state index is 0.0711. The molecular formula is C3H9N3O4P2+2. The van der Waals surface area contributed by atoms with Crippen molar-refractivity contribution < 1.29 is 18.7 Å². The Balaban J connectivity index is 4.41. The topological polar surface area (TPSA) is 116 Å². The first-order chi connectivity index (χ1) is 5.50. The van der Waals surface area contributed by atoms with E-state index in [0.29, 0.717) is 4.44 Å². The number of ether oxygens (including phenoxy) is 1. The predicted octanol–water partition coefficient (Wildman–Crippen LogP) is 0.677. The lowest BCUT2D eigenvalue weighted by molar-refractivity contribution is 0.145. The van der Waals surface area contributed by atoms with Crippen molar-refractivity contribution in [3.8, 4) is 0 Å². The standard InChI is InChI=1S/C3H9N3O4P2/c1-2-10-3(7)6(11(4)8)12(5)9/h2H2,1H3,(H2,4,8)(H2,5,9)/q+2. The van der Waals surface area contributed by atoms with E-state index < -0.39 is 22.3 Å². The van der Waals surface area contributed by atoms with E-state index in [9.17, 15) is 13.9 Å². The van der Waals surface area contributed by atoms with Crippen LogP contribution in [0.15, 0.2) is 0 Å². The molecule has 9 heteroatoms. The van der Waals surface area contributed by atoms with Crippen molar-refractivity contribution in [1.82, 2.24) is 4.44 Å². The number of nitrogens with two attached hydrogens (primary N) is 2. The lowest BCUT2D eigenvalue weighted by Gasteiger charge is -1.96. The average molecular weight is 213 g/mol. The Morgan fingerprint density at radius 1 is 1.42 bits per heavy atom. The van der Waals surface area contributed by atoms with Crippen LogP contribution in [0.4, 0.5) is 4.79 Å². The van der Waals surface area contributed by atoms with Crippen LogP contribution in [0.3, 0.4) is 0 Å². The predicted molar refractivity (Wildman–Crippen MR) is 42.4 cm³/mol. The molecule has 0 saturated heterocycles. The summed E-state index contributed by atoms with van der Waals surface area (Å²) in [5.41, 5.74) is 9.68. The summed E-state index contributed by atoms with van der Waals surface area (Å²) in [7, 11) is -5.11. The Bertz CT molecular complexity index is 206. The summed E-state index contributed by atoms with van der Waals surface area (Å²) in [5.74, 6) is 0. The van der Waals surface area contributed by atoms with Crippen LogP contribution in [0.1, 0.15) is 6.92 Å². The molecule has 7 nitrogen and oxygen atoms in total. The fourth-order valence-corrected chi connectivity index (χ4v) is 1.56. The van der Waals surface area contributed by atoms with Crippen LogP contribution >= 0.6 is 16.2 Å². The summed E-state index contributed by atoms with van der Waals surface area (Å²) in [6.07, 6.45) is -1.04. The van der Waals surface area contributed by atoms with Crippen molar-refractivity contribution in [2.24, 2.45) is 11.0 Å². The number of amides is 1. The van der Waals surface area contributed by atoms with E-state index in [4.69, 9.17) is 11.0 Å². The highest BCUT2D eigenvalue weighted by Gasteiger charge is 2.48. The van der Waals surface area contributed by atoms with E-state index >= 15 is 0 Å². The van der Waals surface area contributed by atoms with Crippen molar-refractivity contribution in [3.05, 3.63) is 0 Å². The molecular weight excluding hydrogens is 204 g/mol. The molecule has 68 valence electrons. The molecule has 0 aliphatic carbocycles. The zero-order valence-electron chi connectivity index (χ0n) is 6.34. The summed E-state index contributed by atoms with van der Waals surface area (Å²) in [4.78, 5) is 10.8. The molecule has 0 aliphatic rings. The van der Waals surface area contributed by atoms with Crippen molar-refractivity contribution in [2.45, 2.75) is 6.92 Å². The lowest BCUT2D eigenvalue weighted by Crippen LogP contribution is -2.22. The van der Waals surface area contributed by atoms with Crippen LogP contribution in [0.25, 0.3) is 0 Å². The van der Waals surface area contributed by atoms with Gasteiger partial charge in [-0.1, -0.05) is 11.0 Å². The minimum atomic E-state index is -2.55. The summed E-state index contributed by atoms with van der Waals surface area (Å²) < 4.78 is 25.9. The Morgan fingerprint density at radius 2 is 1.83 bits per heavy atom. The van der Waals surface area contributed by atoms with Gasteiger partial charge in [0.1, 0.15) is 0 Å². The van der Waals surface area contributed by atoms with Gasteiger partial charge in [0.15, 0.2) is 4.44 Å². The molecule has 0 aromatic heterocycles. The molecule has 12 heavy (non-hydrogen) atoms. The second-order valence-electron chi connectivity index (χ2n) is 1.59. The van der Waals surface area contributed by atoms with Crippen molar-refractivity contribution in [1.29, 1.82) is 0 Å². The van der Waals surface area contributed by atoms with Gasteiger partial charge >= 0.3 is 22.3 Å². The van der Waals surface area contributed by atoms with Gasteiger partial charge in [-0.3, -0.25) is 0 Å². The van der Waals surface area contributed by atoms with Gasteiger partial charge in [-0.25, -0.2) is 4.79 Å². The molecule has 0 spiro atoms. The first kappa shape index (κ1) is 11.4. The van der Waals surface area contributed by atoms with Crippen molar-refractivity contribution in [3.63, 3.8) is 0 Å². The van der Waals surface area contributed by atoms with Gasteiger partial charge in [-0.2, -0.15) is 0 Å². The number of nitrogens with zero attached hydrogens (tertiary/aromatic N) is 1. The smallest absolute Gasteiger partial charge is 0.444 e. The van der Waals surface area contributed by atoms with Crippen LogP contribution in [0.2, 0.25) is 0 Å². The molecule has 0 saturated carbocycles. The van der Waals surface area contributed by atoms with Gasteiger partial charge in [0, 0.05) is 0 Å². The van der Waals surface area contributed by atoms with E-state index in [0.717, 1.165) is 0 Å². The monoisotopic (exact) mass is 213 g/mol. The lowest BCUT2D eigenvalue weighted by atomic mass is 10.9. The van der Waals surface area contributed by atoms with Crippen molar-refractivity contribution in [2.75, 3.05) is 6.61 Å². The maximum atomic E-state index is 10.8. The van der Waals surface area contributed by atoms with E-state index in [2.05, 4.69) is 4.74 Å². The largest absolute Gasteiger partial charge is 0.611 e. The molecule has 1 amide bonds. The summed E-state index contributed by atoms with van der Waals surface area (Å²) in [6, 6.07) is 0. The van der Waals surface area contributed by atoms with Gasteiger partial charge < -0.3 is 4.74 Å². The zero-order valence-corrected chi connectivity index (χ0v) is 8.13. The van der Waals surface area contributed by atoms with Gasteiger partial charge in [-0.05, 0) is 16.1 Å². The normalized spacial score (nSPS) is 11.9. The number of carbonyl (C=O) groups excluding carboxylic acids is 1. The van der Waals surface area contributed by atoms with Gasteiger partial charge in [0.05, 0.1) is 6.61 Å². The van der Waals surface area contributed by atoms with Crippen LogP contribution in [-0.2, 0) is 13.9 Å². The highest BCUT2D eigenvalue weighted by Crippen LogP contribution is 2.33. The van der Waals surface area contributed by atoms with E-state index in [1.165, 1.54) is 0 Å². The molecule has 0 aromatic carbocycles.